The van der Waals surface area contributed by atoms with E-state index in [-0.39, 0.29) is 11.7 Å². The van der Waals surface area contributed by atoms with Crippen molar-refractivity contribution in [2.45, 2.75) is 23.9 Å². The lowest BCUT2D eigenvalue weighted by atomic mass is 10.2. The van der Waals surface area contributed by atoms with Crippen molar-refractivity contribution in [2.24, 2.45) is 0 Å². The average molecular weight is 434 g/mol. The summed E-state index contributed by atoms with van der Waals surface area (Å²) >= 11 is 1.30. The third-order valence-electron chi connectivity index (χ3n) is 4.62. The molecule has 2 aromatic heterocycles. The Balaban J connectivity index is 1.58. The molecule has 31 heavy (non-hydrogen) atoms. The fourth-order valence-electron chi connectivity index (χ4n) is 3.00. The zero-order chi connectivity index (χ0) is 21.6. The van der Waals surface area contributed by atoms with E-state index in [1.807, 2.05) is 54.0 Å². The lowest BCUT2D eigenvalue weighted by Gasteiger charge is -2.14. The Morgan fingerprint density at radius 1 is 1.03 bits per heavy atom. The summed E-state index contributed by atoms with van der Waals surface area (Å²) in [6, 6.07) is 19.5. The Kier molecular flexibility index (Phi) is 6.37. The Morgan fingerprint density at radius 2 is 1.74 bits per heavy atom. The van der Waals surface area contributed by atoms with Gasteiger partial charge in [0.15, 0.2) is 11.0 Å². The number of hydrogen-bond acceptors (Lipinski definition) is 5. The van der Waals surface area contributed by atoms with Gasteiger partial charge >= 0.3 is 0 Å². The van der Waals surface area contributed by atoms with Gasteiger partial charge in [-0.25, -0.2) is 4.39 Å². The lowest BCUT2D eigenvalue weighted by Crippen LogP contribution is -2.30. The van der Waals surface area contributed by atoms with Crippen LogP contribution in [0.5, 0.6) is 0 Å². The molecule has 0 aliphatic carbocycles. The molecule has 0 saturated carbocycles. The zero-order valence-electron chi connectivity index (χ0n) is 16.8. The van der Waals surface area contributed by atoms with E-state index >= 15 is 0 Å². The van der Waals surface area contributed by atoms with E-state index < -0.39 is 5.25 Å². The van der Waals surface area contributed by atoms with Crippen molar-refractivity contribution in [3.8, 4) is 17.1 Å². The van der Waals surface area contributed by atoms with E-state index in [0.717, 1.165) is 11.1 Å². The fraction of sp³-hybridized carbons (Fsp3) is 0.130. The summed E-state index contributed by atoms with van der Waals surface area (Å²) in [5, 5.41) is 11.7. The molecule has 0 radical (unpaired) electrons. The number of amides is 1. The predicted molar refractivity (Wildman–Crippen MR) is 118 cm³/mol. The van der Waals surface area contributed by atoms with E-state index in [4.69, 9.17) is 0 Å². The highest BCUT2D eigenvalue weighted by atomic mass is 32.2. The molecular weight excluding hydrogens is 413 g/mol. The van der Waals surface area contributed by atoms with Gasteiger partial charge in [-0.1, -0.05) is 42.1 Å². The maximum absolute atomic E-state index is 13.5. The predicted octanol–water partition coefficient (Wildman–Crippen LogP) is 4.27. The molecule has 0 aliphatic rings. The molecule has 8 heteroatoms. The van der Waals surface area contributed by atoms with Crippen LogP contribution in [-0.2, 0) is 11.3 Å². The zero-order valence-corrected chi connectivity index (χ0v) is 17.6. The molecule has 4 aromatic rings. The summed E-state index contributed by atoms with van der Waals surface area (Å²) in [7, 11) is 0. The van der Waals surface area contributed by atoms with Gasteiger partial charge in [0.25, 0.3) is 0 Å². The van der Waals surface area contributed by atoms with Gasteiger partial charge in [0.1, 0.15) is 5.82 Å². The number of hydrogen-bond donors (Lipinski definition) is 1. The number of rotatable bonds is 7. The third-order valence-corrected chi connectivity index (χ3v) is 5.66. The van der Waals surface area contributed by atoms with Gasteiger partial charge in [-0.3, -0.25) is 14.3 Å². The van der Waals surface area contributed by atoms with Crippen molar-refractivity contribution in [3.63, 3.8) is 0 Å². The third kappa shape index (κ3) is 4.97. The molecule has 2 aromatic carbocycles. The number of carbonyl (C=O) groups is 1. The second kappa shape index (κ2) is 9.53. The Morgan fingerprint density at radius 3 is 2.45 bits per heavy atom. The number of aromatic nitrogens is 4. The van der Waals surface area contributed by atoms with E-state index in [1.165, 1.54) is 23.9 Å². The molecule has 0 aliphatic heterocycles. The number of thioether (sulfide) groups is 1. The normalized spacial score (nSPS) is 11.8. The largest absolute Gasteiger partial charge is 0.351 e. The monoisotopic (exact) mass is 433 g/mol. The van der Waals surface area contributed by atoms with Crippen LogP contribution in [0, 0.1) is 5.82 Å². The van der Waals surface area contributed by atoms with Gasteiger partial charge in [-0.2, -0.15) is 0 Å². The molecule has 2 heterocycles. The number of carbonyl (C=O) groups excluding carboxylic acids is 1. The molecular formula is C23H20FN5OS. The first kappa shape index (κ1) is 20.7. The number of nitrogens with one attached hydrogen (secondary N) is 1. The molecule has 1 atom stereocenters. The van der Waals surface area contributed by atoms with Gasteiger partial charge in [0.05, 0.1) is 5.25 Å². The average Bonchev–Trinajstić information content (AvgIpc) is 3.22. The van der Waals surface area contributed by atoms with E-state index in [0.29, 0.717) is 23.2 Å². The van der Waals surface area contributed by atoms with Gasteiger partial charge in [-0.15, -0.1) is 10.2 Å². The Bertz CT molecular complexity index is 1150. The van der Waals surface area contributed by atoms with Crippen LogP contribution in [0.1, 0.15) is 12.5 Å². The second-order valence-electron chi connectivity index (χ2n) is 6.82. The smallest absolute Gasteiger partial charge is 0.233 e. The van der Waals surface area contributed by atoms with Crippen molar-refractivity contribution in [2.75, 3.05) is 0 Å². The first-order valence-electron chi connectivity index (χ1n) is 9.72. The number of nitrogens with zero attached hydrogens (tertiary/aromatic N) is 4. The molecule has 156 valence electrons. The van der Waals surface area contributed by atoms with Crippen LogP contribution >= 0.6 is 11.8 Å². The number of pyridine rings is 1. The van der Waals surface area contributed by atoms with E-state index in [2.05, 4.69) is 20.5 Å². The standard InChI is InChI=1S/C23H20FN5OS/c1-16(22(30)26-15-17-5-3-2-4-6-17)31-23-28-27-21(18-11-13-25-14-12-18)29(23)20-9-7-19(24)8-10-20/h2-14,16H,15H2,1H3,(H,26,30). The van der Waals surface area contributed by atoms with Gasteiger partial charge in [0.2, 0.25) is 5.91 Å². The topological polar surface area (TPSA) is 72.7 Å². The summed E-state index contributed by atoms with van der Waals surface area (Å²) in [5.41, 5.74) is 2.56. The lowest BCUT2D eigenvalue weighted by molar-refractivity contribution is -0.120. The first-order chi connectivity index (χ1) is 15.1. The maximum Gasteiger partial charge on any atom is 0.233 e. The Hall–Kier alpha value is -3.52. The van der Waals surface area contributed by atoms with Gasteiger partial charge < -0.3 is 5.32 Å². The molecule has 1 N–H and O–H groups in total. The molecule has 1 amide bonds. The summed E-state index contributed by atoms with van der Waals surface area (Å²) in [6.07, 6.45) is 3.34. The van der Waals surface area contributed by atoms with Gasteiger partial charge in [0, 0.05) is 30.2 Å². The quantitative estimate of drug-likeness (QED) is 0.441. The SMILES string of the molecule is CC(Sc1nnc(-c2ccncc2)n1-c1ccc(F)cc1)C(=O)NCc1ccccc1. The highest BCUT2D eigenvalue weighted by Gasteiger charge is 2.21. The number of halogens is 1. The van der Waals surface area contributed by atoms with Crippen LogP contribution in [0.2, 0.25) is 0 Å². The number of benzene rings is 2. The van der Waals surface area contributed by atoms with Crippen LogP contribution in [0.4, 0.5) is 4.39 Å². The van der Waals surface area contributed by atoms with Crippen LogP contribution in [0.3, 0.4) is 0 Å². The minimum atomic E-state index is -0.405. The summed E-state index contributed by atoms with van der Waals surface area (Å²) in [6.45, 7) is 2.28. The highest BCUT2D eigenvalue weighted by molar-refractivity contribution is 8.00. The van der Waals surface area contributed by atoms with Gasteiger partial charge in [-0.05, 0) is 48.9 Å². The van der Waals surface area contributed by atoms with Crippen molar-refractivity contribution >= 4 is 17.7 Å². The van der Waals surface area contributed by atoms with E-state index in [1.54, 1.807) is 24.5 Å². The van der Waals surface area contributed by atoms with Crippen molar-refractivity contribution in [1.82, 2.24) is 25.1 Å². The summed E-state index contributed by atoms with van der Waals surface area (Å²) < 4.78 is 15.3. The fourth-order valence-corrected chi connectivity index (χ4v) is 3.89. The Labute approximate surface area is 183 Å². The molecule has 4 rings (SSSR count). The molecule has 6 nitrogen and oxygen atoms in total. The molecule has 0 bridgehead atoms. The first-order valence-corrected chi connectivity index (χ1v) is 10.6. The van der Waals surface area contributed by atoms with E-state index in [9.17, 15) is 9.18 Å². The molecule has 0 spiro atoms. The van der Waals surface area contributed by atoms with Crippen LogP contribution in [-0.4, -0.2) is 30.9 Å². The molecule has 1 unspecified atom stereocenters. The highest BCUT2D eigenvalue weighted by Crippen LogP contribution is 2.30. The van der Waals surface area contributed by atoms with Crippen LogP contribution in [0.25, 0.3) is 17.1 Å². The maximum atomic E-state index is 13.5. The summed E-state index contributed by atoms with van der Waals surface area (Å²) in [5.74, 6) is 0.159. The van der Waals surface area contributed by atoms with Crippen molar-refractivity contribution in [3.05, 3.63) is 90.5 Å². The summed E-state index contributed by atoms with van der Waals surface area (Å²) in [4.78, 5) is 16.7. The minimum Gasteiger partial charge on any atom is -0.351 e. The molecule has 0 saturated heterocycles. The van der Waals surface area contributed by atoms with Crippen LogP contribution < -0.4 is 5.32 Å². The minimum absolute atomic E-state index is 0.104. The van der Waals surface area contributed by atoms with Crippen molar-refractivity contribution in [1.29, 1.82) is 0 Å². The van der Waals surface area contributed by atoms with Crippen LogP contribution in [0.15, 0.2) is 84.3 Å². The second-order valence-corrected chi connectivity index (χ2v) is 8.13. The molecule has 0 fully saturated rings. The van der Waals surface area contributed by atoms with Crippen molar-refractivity contribution < 1.29 is 9.18 Å².